The molecular formula is C44H53N3O9SSi2. The summed E-state index contributed by atoms with van der Waals surface area (Å²) < 4.78 is 57.1. The number of hydrogen-bond acceptors (Lipinski definition) is 10. The van der Waals surface area contributed by atoms with Crippen molar-refractivity contribution in [2.24, 2.45) is 10.6 Å². The van der Waals surface area contributed by atoms with E-state index in [1.165, 1.54) is 6.20 Å². The van der Waals surface area contributed by atoms with Gasteiger partial charge in [-0.15, -0.1) is 5.16 Å². The molecule has 0 saturated carbocycles. The monoisotopic (exact) mass is 855 g/mol. The number of nitrogens with zero attached hydrogens (tertiary/aromatic N) is 2. The van der Waals surface area contributed by atoms with E-state index < -0.39 is 79.3 Å². The van der Waals surface area contributed by atoms with Crippen LogP contribution in [0.25, 0.3) is 0 Å². The van der Waals surface area contributed by atoms with Crippen molar-refractivity contribution in [3.63, 3.8) is 0 Å². The normalized spacial score (nSPS) is 20.6. The Hall–Kier alpha value is -4.75. The number of aromatic amines is 1. The second-order valence-electron chi connectivity index (χ2n) is 16.9. The fourth-order valence-electron chi connectivity index (χ4n) is 8.32. The summed E-state index contributed by atoms with van der Waals surface area (Å²) in [6.45, 7) is 15.6. The molecule has 0 amide bonds. The minimum atomic E-state index is -4.30. The molecule has 0 radical (unpaired) electrons. The first-order chi connectivity index (χ1) is 27.9. The van der Waals surface area contributed by atoms with Crippen molar-refractivity contribution in [3.8, 4) is 0 Å². The number of oxime groups is 1. The van der Waals surface area contributed by atoms with Crippen LogP contribution >= 0.6 is 0 Å². The molecule has 15 heteroatoms. The first-order valence-corrected chi connectivity index (χ1v) is 24.8. The Morgan fingerprint density at radius 3 is 1.75 bits per heavy atom. The summed E-state index contributed by atoms with van der Waals surface area (Å²) in [5.41, 5.74) is -4.07. The van der Waals surface area contributed by atoms with Gasteiger partial charge in [0, 0.05) is 19.0 Å². The smallest absolute Gasteiger partial charge is 0.330 e. The van der Waals surface area contributed by atoms with Crippen molar-refractivity contribution in [2.45, 2.75) is 76.7 Å². The van der Waals surface area contributed by atoms with Crippen molar-refractivity contribution < 1.29 is 31.0 Å². The zero-order valence-electron chi connectivity index (χ0n) is 34.5. The molecule has 0 aliphatic carbocycles. The molecule has 1 N–H and O–H groups in total. The van der Waals surface area contributed by atoms with Crippen LogP contribution in [-0.4, -0.2) is 78.8 Å². The van der Waals surface area contributed by atoms with Gasteiger partial charge in [0.25, 0.3) is 24.0 Å². The first-order valence-electron chi connectivity index (χ1n) is 19.4. The second-order valence-corrected chi connectivity index (χ2v) is 25.2. The van der Waals surface area contributed by atoms with E-state index in [0.29, 0.717) is 0 Å². The Kier molecular flexibility index (Phi) is 13.0. The zero-order chi connectivity index (χ0) is 42.6. The molecule has 5 aromatic rings. The number of nitrogens with one attached hydrogen (secondary N) is 1. The van der Waals surface area contributed by atoms with E-state index in [4.69, 9.17) is 22.6 Å². The third-order valence-corrected chi connectivity index (χ3v) is 18.7. The minimum Gasteiger partial charge on any atom is -0.404 e. The lowest BCUT2D eigenvalue weighted by Crippen LogP contribution is -2.72. The Bertz CT molecular complexity index is 2330. The minimum absolute atomic E-state index is 0.357. The third kappa shape index (κ3) is 9.21. The zero-order valence-corrected chi connectivity index (χ0v) is 37.5. The Morgan fingerprint density at radius 2 is 1.32 bits per heavy atom. The average Bonchev–Trinajstić information content (AvgIpc) is 3.47. The molecule has 1 aliphatic heterocycles. The highest BCUT2D eigenvalue weighted by molar-refractivity contribution is 7.86. The predicted octanol–water partition coefficient (Wildman–Crippen LogP) is 3.70. The molecule has 5 unspecified atom stereocenters. The van der Waals surface area contributed by atoms with Crippen LogP contribution in [0.4, 0.5) is 0 Å². The van der Waals surface area contributed by atoms with Gasteiger partial charge in [0.15, 0.2) is 24.5 Å². The quantitative estimate of drug-likeness (QED) is 0.0721. The number of hydrogen-bond donors (Lipinski definition) is 1. The molecule has 59 heavy (non-hydrogen) atoms. The summed E-state index contributed by atoms with van der Waals surface area (Å²) in [4.78, 5) is 34.5. The van der Waals surface area contributed by atoms with Crippen molar-refractivity contribution in [1.82, 2.24) is 9.55 Å². The molecule has 5 atom stereocenters. The summed E-state index contributed by atoms with van der Waals surface area (Å²) in [5.74, 6) is 0. The molecule has 0 spiro atoms. The van der Waals surface area contributed by atoms with Crippen LogP contribution in [0.3, 0.4) is 0 Å². The van der Waals surface area contributed by atoms with Crippen LogP contribution in [-0.2, 0) is 32.7 Å². The molecule has 6 rings (SSSR count). The summed E-state index contributed by atoms with van der Waals surface area (Å²) in [7, 11) is -10.6. The highest BCUT2D eigenvalue weighted by Gasteiger charge is 2.68. The summed E-state index contributed by atoms with van der Waals surface area (Å²) in [5, 5.41) is 6.96. The number of rotatable bonds is 15. The van der Waals surface area contributed by atoms with Gasteiger partial charge in [-0.05, 0) is 31.2 Å². The van der Waals surface area contributed by atoms with Crippen LogP contribution < -0.4 is 32.0 Å². The van der Waals surface area contributed by atoms with Gasteiger partial charge < -0.3 is 18.4 Å². The lowest BCUT2D eigenvalue weighted by Gasteiger charge is -2.51. The van der Waals surface area contributed by atoms with Gasteiger partial charge in [0.1, 0.15) is 6.10 Å². The molecule has 0 bridgehead atoms. The molecule has 1 saturated heterocycles. The van der Waals surface area contributed by atoms with Crippen LogP contribution in [0.5, 0.6) is 0 Å². The van der Waals surface area contributed by atoms with Gasteiger partial charge >= 0.3 is 5.69 Å². The molecule has 312 valence electrons. The van der Waals surface area contributed by atoms with E-state index in [0.717, 1.165) is 37.6 Å². The molecule has 12 nitrogen and oxygen atoms in total. The molecule has 1 aromatic heterocycles. The van der Waals surface area contributed by atoms with Gasteiger partial charge in [-0.2, -0.15) is 8.42 Å². The number of ether oxygens (including phenoxy) is 1. The topological polar surface area (TPSA) is 148 Å². The largest absolute Gasteiger partial charge is 0.404 e. The van der Waals surface area contributed by atoms with E-state index in [1.54, 1.807) is 0 Å². The molecular weight excluding hydrogens is 803 g/mol. The van der Waals surface area contributed by atoms with Gasteiger partial charge in [0.05, 0.1) is 12.4 Å². The lowest BCUT2D eigenvalue weighted by molar-refractivity contribution is -0.205. The summed E-state index contributed by atoms with van der Waals surface area (Å²) in [6.07, 6.45) is -3.15. The van der Waals surface area contributed by atoms with Crippen molar-refractivity contribution >= 4 is 54.9 Å². The predicted molar refractivity (Wildman–Crippen MR) is 236 cm³/mol. The maximum absolute atomic E-state index is 13.8. The maximum atomic E-state index is 13.8. The van der Waals surface area contributed by atoms with E-state index >= 15 is 0 Å². The SMILES string of the molecule is C=NOCC1(C(O[SiH](c2ccccc2)c2ccccc2)C(C)(C)C)OC(n2ccc(=O)[nH]c2=O)C(OS(C)(=O)=O)C1O[Si](c1ccccc1)(c1ccccc1)C(C)(C)C. The van der Waals surface area contributed by atoms with E-state index in [-0.39, 0.29) is 6.61 Å². The van der Waals surface area contributed by atoms with Gasteiger partial charge in [-0.25, -0.2) is 4.79 Å². The lowest BCUT2D eigenvalue weighted by atomic mass is 9.76. The third-order valence-electron chi connectivity index (χ3n) is 10.6. The molecule has 2 heterocycles. The Balaban J connectivity index is 1.72. The Morgan fingerprint density at radius 1 is 0.831 bits per heavy atom. The first kappa shape index (κ1) is 43.8. The highest BCUT2D eigenvalue weighted by atomic mass is 32.2. The van der Waals surface area contributed by atoms with Crippen LogP contribution in [0, 0.1) is 5.41 Å². The standard InChI is InChI=1S/C44H53N3O9SSi2/c1-42(2,3)40(55-58(32-21-13-9-14-22-32)33-23-15-10-16-24-33)44(31-52-45-7)38(37(54-57(8,50)51)39(53-44)47-30-29-36(48)46-41(47)49)56-59(43(4,5)6,34-25-17-11-18-26-34)35-27-19-12-20-28-35/h9-30,37-40,58H,7,31H2,1-6,8H3,(H,46,48,49). The molecule has 1 aliphatic rings. The highest BCUT2D eigenvalue weighted by Crippen LogP contribution is 2.51. The van der Waals surface area contributed by atoms with Gasteiger partial charge in [-0.3, -0.25) is 18.5 Å². The van der Waals surface area contributed by atoms with E-state index in [2.05, 4.69) is 37.6 Å². The maximum Gasteiger partial charge on any atom is 0.330 e. The van der Waals surface area contributed by atoms with Crippen LogP contribution in [0.15, 0.2) is 148 Å². The van der Waals surface area contributed by atoms with E-state index in [1.807, 2.05) is 142 Å². The summed E-state index contributed by atoms with van der Waals surface area (Å²) in [6, 6.07) is 40.7. The van der Waals surface area contributed by atoms with Crippen LogP contribution in [0.1, 0.15) is 47.8 Å². The number of benzene rings is 4. The molecule has 4 aromatic carbocycles. The summed E-state index contributed by atoms with van der Waals surface area (Å²) >= 11 is 0. The molecule has 1 fully saturated rings. The van der Waals surface area contributed by atoms with Gasteiger partial charge in [0.2, 0.25) is 9.04 Å². The fraction of sp³-hybridized carbons (Fsp3) is 0.341. The van der Waals surface area contributed by atoms with Gasteiger partial charge in [-0.1, -0.05) is 163 Å². The second kappa shape index (κ2) is 17.5. The van der Waals surface area contributed by atoms with Crippen molar-refractivity contribution in [2.75, 3.05) is 12.9 Å². The number of aromatic nitrogens is 2. The van der Waals surface area contributed by atoms with E-state index in [9.17, 15) is 18.0 Å². The van der Waals surface area contributed by atoms with Crippen molar-refractivity contribution in [3.05, 3.63) is 154 Å². The average molecular weight is 856 g/mol. The Labute approximate surface area is 348 Å². The number of H-pyrrole nitrogens is 1. The van der Waals surface area contributed by atoms with Crippen molar-refractivity contribution in [1.29, 1.82) is 0 Å². The van der Waals surface area contributed by atoms with Crippen LogP contribution in [0.2, 0.25) is 5.04 Å². The fourth-order valence-corrected chi connectivity index (χ4v) is 16.4.